The Morgan fingerprint density at radius 2 is 1.70 bits per heavy atom. The molecule has 10 heteroatoms. The van der Waals surface area contributed by atoms with Gasteiger partial charge in [-0.15, -0.1) is 13.2 Å². The average molecular weight is 465 g/mol. The predicted octanol–water partition coefficient (Wildman–Crippen LogP) is 3.50. The fourth-order valence-corrected chi connectivity index (χ4v) is 3.90. The summed E-state index contributed by atoms with van der Waals surface area (Å²) in [5.41, 5.74) is 1.56. The van der Waals surface area contributed by atoms with Crippen molar-refractivity contribution in [1.82, 2.24) is 9.80 Å². The number of anilines is 1. The number of nitrogens with zero attached hydrogens (tertiary/aromatic N) is 2. The first-order valence-corrected chi connectivity index (χ1v) is 10.8. The van der Waals surface area contributed by atoms with Crippen molar-refractivity contribution in [2.45, 2.75) is 25.9 Å². The van der Waals surface area contributed by atoms with Gasteiger partial charge < -0.3 is 19.5 Å². The van der Waals surface area contributed by atoms with Gasteiger partial charge in [-0.2, -0.15) is 0 Å². The van der Waals surface area contributed by atoms with Crippen LogP contribution in [0.25, 0.3) is 0 Å². The van der Waals surface area contributed by atoms with Crippen LogP contribution in [-0.2, 0) is 11.3 Å². The zero-order valence-corrected chi connectivity index (χ0v) is 18.2. The number of alkyl halides is 3. The van der Waals surface area contributed by atoms with E-state index < -0.39 is 6.36 Å². The molecule has 33 heavy (non-hydrogen) atoms. The predicted molar refractivity (Wildman–Crippen MR) is 115 cm³/mol. The first-order valence-electron chi connectivity index (χ1n) is 10.8. The maximum Gasteiger partial charge on any atom is 0.573 e. The van der Waals surface area contributed by atoms with Crippen LogP contribution in [0.5, 0.6) is 17.2 Å². The Labute approximate surface area is 190 Å². The van der Waals surface area contributed by atoms with E-state index in [0.717, 1.165) is 18.7 Å². The minimum absolute atomic E-state index is 0.0969. The molecular formula is C23H26F3N3O4. The minimum Gasteiger partial charge on any atom is -0.486 e. The van der Waals surface area contributed by atoms with Gasteiger partial charge in [0.25, 0.3) is 0 Å². The first-order chi connectivity index (χ1) is 15.8. The van der Waals surface area contributed by atoms with Crippen molar-refractivity contribution in [2.24, 2.45) is 0 Å². The zero-order valence-electron chi connectivity index (χ0n) is 18.2. The lowest BCUT2D eigenvalue weighted by Gasteiger charge is -2.37. The number of carbonyl (C=O) groups is 1. The van der Waals surface area contributed by atoms with Gasteiger partial charge in [0.1, 0.15) is 19.0 Å². The first kappa shape index (κ1) is 23.2. The molecule has 1 atom stereocenters. The highest BCUT2D eigenvalue weighted by molar-refractivity contribution is 5.94. The van der Waals surface area contributed by atoms with E-state index in [9.17, 15) is 18.0 Å². The topological polar surface area (TPSA) is 63.3 Å². The second-order valence-corrected chi connectivity index (χ2v) is 8.03. The zero-order chi connectivity index (χ0) is 23.4. The molecule has 178 valence electrons. The van der Waals surface area contributed by atoms with Gasteiger partial charge in [0.05, 0.1) is 6.04 Å². The number of ether oxygens (including phenoxy) is 3. The summed E-state index contributed by atoms with van der Waals surface area (Å²) in [4.78, 5) is 17.1. The van der Waals surface area contributed by atoms with Crippen molar-refractivity contribution >= 4 is 11.6 Å². The highest BCUT2D eigenvalue weighted by atomic mass is 19.4. The van der Waals surface area contributed by atoms with Gasteiger partial charge in [0.15, 0.2) is 11.5 Å². The number of rotatable bonds is 6. The van der Waals surface area contributed by atoms with Crippen LogP contribution in [-0.4, -0.2) is 67.5 Å². The highest BCUT2D eigenvalue weighted by Crippen LogP contribution is 2.32. The monoisotopic (exact) mass is 465 g/mol. The summed E-state index contributed by atoms with van der Waals surface area (Å²) in [6, 6.07) is 11.0. The van der Waals surface area contributed by atoms with E-state index >= 15 is 0 Å². The molecule has 0 aliphatic carbocycles. The molecular weight excluding hydrogens is 439 g/mol. The molecule has 1 fully saturated rings. The fourth-order valence-electron chi connectivity index (χ4n) is 3.90. The lowest BCUT2D eigenvalue weighted by Crippen LogP contribution is -2.52. The Balaban J connectivity index is 1.25. The van der Waals surface area contributed by atoms with Crippen LogP contribution in [0.15, 0.2) is 42.5 Å². The second kappa shape index (κ2) is 9.88. The van der Waals surface area contributed by atoms with E-state index in [1.807, 2.05) is 6.92 Å². The number of amides is 1. The number of piperazine rings is 1. The Bertz CT molecular complexity index is 960. The summed E-state index contributed by atoms with van der Waals surface area (Å²) >= 11 is 0. The van der Waals surface area contributed by atoms with Crippen LogP contribution in [0.1, 0.15) is 12.5 Å². The van der Waals surface area contributed by atoms with Crippen molar-refractivity contribution in [2.75, 3.05) is 44.7 Å². The quantitative estimate of drug-likeness (QED) is 0.705. The van der Waals surface area contributed by atoms with Crippen LogP contribution in [0.4, 0.5) is 18.9 Å². The summed E-state index contributed by atoms with van der Waals surface area (Å²) in [6.07, 6.45) is -4.69. The second-order valence-electron chi connectivity index (χ2n) is 8.03. The Kier molecular flexibility index (Phi) is 6.94. The van der Waals surface area contributed by atoms with Gasteiger partial charge in [-0.3, -0.25) is 14.6 Å². The van der Waals surface area contributed by atoms with Gasteiger partial charge in [0.2, 0.25) is 5.91 Å². The van der Waals surface area contributed by atoms with Crippen molar-refractivity contribution in [1.29, 1.82) is 0 Å². The van der Waals surface area contributed by atoms with Crippen LogP contribution in [0, 0.1) is 0 Å². The molecule has 2 aliphatic heterocycles. The number of hydrogen-bond acceptors (Lipinski definition) is 6. The van der Waals surface area contributed by atoms with E-state index in [2.05, 4.69) is 19.9 Å². The molecule has 0 spiro atoms. The van der Waals surface area contributed by atoms with Gasteiger partial charge in [-0.05, 0) is 36.8 Å². The van der Waals surface area contributed by atoms with Crippen molar-refractivity contribution < 1.29 is 32.2 Å². The number of benzene rings is 2. The molecule has 2 aliphatic rings. The number of carbonyl (C=O) groups excluding carboxylic acids is 1. The molecule has 2 aromatic carbocycles. The third-order valence-electron chi connectivity index (χ3n) is 5.71. The van der Waals surface area contributed by atoms with E-state index in [1.165, 1.54) is 12.1 Å². The third kappa shape index (κ3) is 6.29. The van der Waals surface area contributed by atoms with Crippen molar-refractivity contribution in [3.63, 3.8) is 0 Å². The molecule has 1 amide bonds. The molecule has 1 saturated heterocycles. The Morgan fingerprint density at radius 1 is 1.03 bits per heavy atom. The fraction of sp³-hybridized carbons (Fsp3) is 0.435. The number of hydrogen-bond donors (Lipinski definition) is 1. The Hall–Kier alpha value is -2.98. The summed E-state index contributed by atoms with van der Waals surface area (Å²) in [5, 5.41) is 2.94. The molecule has 2 heterocycles. The molecule has 1 N–H and O–H groups in total. The van der Waals surface area contributed by atoms with Gasteiger partial charge in [0, 0.05) is 44.5 Å². The molecule has 0 saturated carbocycles. The van der Waals surface area contributed by atoms with Crippen LogP contribution in [0.2, 0.25) is 0 Å². The third-order valence-corrected chi connectivity index (χ3v) is 5.71. The van der Waals surface area contributed by atoms with E-state index in [-0.39, 0.29) is 17.7 Å². The lowest BCUT2D eigenvalue weighted by molar-refractivity contribution is -0.274. The average Bonchev–Trinajstić information content (AvgIpc) is 2.79. The maximum atomic E-state index is 12.8. The molecule has 0 aromatic heterocycles. The standard InChI is InChI=1S/C23H26F3N3O4/c1-16(22(30)27-18-4-7-20-21(14-18)32-13-12-31-20)29-10-8-28(9-11-29)15-17-2-5-19(6-3-17)33-23(24,25)26/h2-7,14,16H,8-13,15H2,1H3,(H,27,30)/t16-/m0/s1. The lowest BCUT2D eigenvalue weighted by atomic mass is 10.1. The van der Waals surface area contributed by atoms with Crippen molar-refractivity contribution in [3.05, 3.63) is 48.0 Å². The van der Waals surface area contributed by atoms with Crippen LogP contribution < -0.4 is 19.5 Å². The van der Waals surface area contributed by atoms with Gasteiger partial charge in [-0.25, -0.2) is 0 Å². The maximum absolute atomic E-state index is 12.8. The highest BCUT2D eigenvalue weighted by Gasteiger charge is 2.31. The van der Waals surface area contributed by atoms with E-state index in [0.29, 0.717) is 50.0 Å². The van der Waals surface area contributed by atoms with E-state index in [4.69, 9.17) is 9.47 Å². The van der Waals surface area contributed by atoms with Crippen molar-refractivity contribution in [3.8, 4) is 17.2 Å². The molecule has 7 nitrogen and oxygen atoms in total. The summed E-state index contributed by atoms with van der Waals surface area (Å²) in [6.45, 7) is 6.43. The van der Waals surface area contributed by atoms with Crippen LogP contribution >= 0.6 is 0 Å². The largest absolute Gasteiger partial charge is 0.573 e. The van der Waals surface area contributed by atoms with Gasteiger partial charge >= 0.3 is 6.36 Å². The normalized spacial score (nSPS) is 17.9. The summed E-state index contributed by atoms with van der Waals surface area (Å²) < 4.78 is 51.8. The SMILES string of the molecule is C[C@@H](C(=O)Nc1ccc2c(c1)OCCO2)N1CCN(Cc2ccc(OC(F)(F)F)cc2)CC1. The summed E-state index contributed by atoms with van der Waals surface area (Å²) in [7, 11) is 0. The number of fused-ring (bicyclic) bond motifs is 1. The molecule has 4 rings (SSSR count). The molecule has 0 bridgehead atoms. The smallest absolute Gasteiger partial charge is 0.486 e. The van der Waals surface area contributed by atoms with Crippen LogP contribution in [0.3, 0.4) is 0 Å². The Morgan fingerprint density at radius 3 is 2.36 bits per heavy atom. The molecule has 0 radical (unpaired) electrons. The number of nitrogens with one attached hydrogen (secondary N) is 1. The van der Waals surface area contributed by atoms with E-state index in [1.54, 1.807) is 30.3 Å². The minimum atomic E-state index is -4.69. The van der Waals surface area contributed by atoms with Gasteiger partial charge in [-0.1, -0.05) is 12.1 Å². The summed E-state index contributed by atoms with van der Waals surface area (Å²) in [5.74, 6) is 0.971. The molecule has 0 unspecified atom stereocenters. The molecule has 2 aromatic rings. The number of halogens is 3.